The van der Waals surface area contributed by atoms with Crippen molar-refractivity contribution in [3.63, 3.8) is 0 Å². The van der Waals surface area contributed by atoms with Gasteiger partial charge in [0.05, 0.1) is 17.5 Å². The number of carbonyl (C=O) groups is 3. The minimum absolute atomic E-state index is 0.229. The van der Waals surface area contributed by atoms with Gasteiger partial charge in [0.15, 0.2) is 6.10 Å². The molecule has 210 valence electrons. The van der Waals surface area contributed by atoms with Crippen molar-refractivity contribution in [1.82, 2.24) is 20.5 Å². The summed E-state index contributed by atoms with van der Waals surface area (Å²) in [5.74, 6) is -1.06. The third-order valence-electron chi connectivity index (χ3n) is 7.29. The van der Waals surface area contributed by atoms with Crippen LogP contribution in [0.5, 0.6) is 0 Å². The molecule has 1 unspecified atom stereocenters. The Bertz CT molecular complexity index is 1360. The van der Waals surface area contributed by atoms with E-state index in [1.807, 2.05) is 75.4 Å². The molecule has 1 fully saturated rings. The topological polar surface area (TPSA) is 112 Å². The lowest BCUT2D eigenvalue weighted by Gasteiger charge is -2.33. The number of aromatic nitrogens is 1. The van der Waals surface area contributed by atoms with Crippen molar-refractivity contribution >= 4 is 29.5 Å². The Labute approximate surface area is 239 Å². The molecule has 9 heteroatoms. The third-order valence-corrected chi connectivity index (χ3v) is 8.67. The molecule has 1 saturated heterocycles. The highest BCUT2D eigenvalue weighted by atomic mass is 32.2. The van der Waals surface area contributed by atoms with Crippen LogP contribution < -0.4 is 10.6 Å². The van der Waals surface area contributed by atoms with E-state index in [0.717, 1.165) is 16.7 Å². The second-order valence-electron chi connectivity index (χ2n) is 10.6. The van der Waals surface area contributed by atoms with Gasteiger partial charge in [0.25, 0.3) is 11.8 Å². The maximum absolute atomic E-state index is 13.8. The van der Waals surface area contributed by atoms with Gasteiger partial charge in [-0.25, -0.2) is 0 Å². The molecule has 8 nitrogen and oxygen atoms in total. The molecule has 0 radical (unpaired) electrons. The lowest BCUT2D eigenvalue weighted by molar-refractivity contribution is -0.147. The number of hydrogen-bond acceptors (Lipinski definition) is 6. The molecular formula is C31H36N4O4S. The number of thioether (sulfide) groups is 1. The predicted octanol–water partition coefficient (Wildman–Crippen LogP) is 3.40. The first-order chi connectivity index (χ1) is 19.1. The van der Waals surface area contributed by atoms with E-state index in [1.54, 1.807) is 25.3 Å². The van der Waals surface area contributed by atoms with E-state index in [1.165, 1.54) is 16.7 Å². The van der Waals surface area contributed by atoms with Gasteiger partial charge in [0.1, 0.15) is 6.04 Å². The summed E-state index contributed by atoms with van der Waals surface area (Å²) in [6.45, 7) is 7.89. The largest absolute Gasteiger partial charge is 0.381 e. The summed E-state index contributed by atoms with van der Waals surface area (Å²) in [5.41, 5.74) is 3.82. The molecule has 4 rings (SSSR count). The fourth-order valence-electron chi connectivity index (χ4n) is 4.92. The first-order valence-electron chi connectivity index (χ1n) is 13.3. The first kappa shape index (κ1) is 29.3. The third kappa shape index (κ3) is 6.71. The number of hydrogen-bond donors (Lipinski definition) is 3. The molecule has 1 aliphatic heterocycles. The van der Waals surface area contributed by atoms with Crippen LogP contribution in [0.25, 0.3) is 0 Å². The lowest BCUT2D eigenvalue weighted by atomic mass is 9.96. The predicted molar refractivity (Wildman–Crippen MR) is 157 cm³/mol. The van der Waals surface area contributed by atoms with Crippen LogP contribution in [0.4, 0.5) is 0 Å². The molecule has 1 aliphatic rings. The summed E-state index contributed by atoms with van der Waals surface area (Å²) < 4.78 is -0.573. The number of carbonyl (C=O) groups excluding carboxylic acids is 3. The van der Waals surface area contributed by atoms with Gasteiger partial charge in [0, 0.05) is 23.2 Å². The molecule has 3 aromatic rings. The Morgan fingerprint density at radius 2 is 1.75 bits per heavy atom. The van der Waals surface area contributed by atoms with Gasteiger partial charge >= 0.3 is 0 Å². The summed E-state index contributed by atoms with van der Waals surface area (Å²) >= 11 is 1.48. The maximum Gasteiger partial charge on any atom is 0.254 e. The number of amides is 3. The summed E-state index contributed by atoms with van der Waals surface area (Å²) in [6, 6.07) is 18.8. The number of aliphatic hydroxyl groups excluding tert-OH is 1. The first-order valence-corrected chi connectivity index (χ1v) is 14.3. The summed E-state index contributed by atoms with van der Waals surface area (Å²) in [6.07, 6.45) is 0.262. The highest BCUT2D eigenvalue weighted by Crippen LogP contribution is 2.40. The van der Waals surface area contributed by atoms with Gasteiger partial charge in [-0.1, -0.05) is 54.6 Å². The lowest BCUT2D eigenvalue weighted by Crippen LogP contribution is -2.58. The van der Waals surface area contributed by atoms with E-state index in [4.69, 9.17) is 0 Å². The molecule has 0 aliphatic carbocycles. The number of aliphatic hydroxyl groups is 1. The Morgan fingerprint density at radius 1 is 1.05 bits per heavy atom. The van der Waals surface area contributed by atoms with Crippen LogP contribution in [0.15, 0.2) is 72.9 Å². The minimum atomic E-state index is -1.57. The summed E-state index contributed by atoms with van der Waals surface area (Å²) in [7, 11) is 0. The fourth-order valence-corrected chi connectivity index (χ4v) is 6.06. The number of nitrogens with zero attached hydrogens (tertiary/aromatic N) is 2. The molecule has 2 heterocycles. The van der Waals surface area contributed by atoms with Crippen molar-refractivity contribution < 1.29 is 19.5 Å². The maximum atomic E-state index is 13.8. The number of aryl methyl sites for hydroxylation is 2. The van der Waals surface area contributed by atoms with Crippen molar-refractivity contribution in [1.29, 1.82) is 0 Å². The molecule has 1 aromatic heterocycles. The van der Waals surface area contributed by atoms with Crippen molar-refractivity contribution in [3.05, 3.63) is 101 Å². The Morgan fingerprint density at radius 3 is 2.45 bits per heavy atom. The van der Waals surface area contributed by atoms with Crippen LogP contribution in [0, 0.1) is 13.8 Å². The van der Waals surface area contributed by atoms with Crippen molar-refractivity contribution in [2.75, 3.05) is 5.88 Å². The van der Waals surface area contributed by atoms with Crippen LogP contribution in [-0.4, -0.2) is 61.5 Å². The molecule has 3 N–H and O–H groups in total. The summed E-state index contributed by atoms with van der Waals surface area (Å²) in [4.78, 5) is 46.1. The molecule has 0 spiro atoms. The van der Waals surface area contributed by atoms with E-state index < -0.39 is 34.7 Å². The average molecular weight is 561 g/mol. The monoisotopic (exact) mass is 560 g/mol. The van der Waals surface area contributed by atoms with Gasteiger partial charge in [-0.2, -0.15) is 0 Å². The van der Waals surface area contributed by atoms with E-state index in [9.17, 15) is 19.5 Å². The molecule has 2 aromatic carbocycles. The smallest absolute Gasteiger partial charge is 0.254 e. The van der Waals surface area contributed by atoms with Crippen LogP contribution >= 0.6 is 11.8 Å². The molecule has 0 bridgehead atoms. The molecule has 0 saturated carbocycles. The molecular weight excluding hydrogens is 524 g/mol. The van der Waals surface area contributed by atoms with E-state index in [0.29, 0.717) is 17.8 Å². The van der Waals surface area contributed by atoms with Gasteiger partial charge in [0.2, 0.25) is 5.91 Å². The normalized spacial score (nSPS) is 17.6. The molecule has 40 heavy (non-hydrogen) atoms. The number of pyridine rings is 1. The zero-order chi connectivity index (χ0) is 28.9. The molecule has 3 atom stereocenters. The van der Waals surface area contributed by atoms with Crippen LogP contribution in [0.2, 0.25) is 0 Å². The quantitative estimate of drug-likeness (QED) is 0.370. The number of rotatable bonds is 9. The zero-order valence-electron chi connectivity index (χ0n) is 23.3. The van der Waals surface area contributed by atoms with Gasteiger partial charge in [-0.3, -0.25) is 19.4 Å². The summed E-state index contributed by atoms with van der Waals surface area (Å²) in [5, 5.41) is 17.3. The van der Waals surface area contributed by atoms with E-state index in [-0.39, 0.29) is 18.2 Å². The van der Waals surface area contributed by atoms with E-state index >= 15 is 0 Å². The van der Waals surface area contributed by atoms with Gasteiger partial charge < -0.3 is 20.6 Å². The van der Waals surface area contributed by atoms with Crippen LogP contribution in [-0.2, 0) is 22.6 Å². The van der Waals surface area contributed by atoms with Crippen molar-refractivity contribution in [2.45, 2.75) is 63.6 Å². The fraction of sp³-hybridized carbons (Fsp3) is 0.355. The second kappa shape index (κ2) is 12.7. The number of nitrogens with one attached hydrogen (secondary N) is 2. The standard InChI is InChI=1S/C31H36N4O4S/c1-20-11-8-9-14-23(20)18-33-29(38)27-31(3,4)40-19-35(27)30(39)26(36)25(17-22-12-6-5-7-13-22)34-28(37)24-15-10-16-32-21(24)2/h5-16,25-27,36H,17-19H2,1-4H3,(H,33,38)(H,34,37)/t25-,26-,27?/m0/s1. The Hall–Kier alpha value is -3.69. The Kier molecular flexibility index (Phi) is 9.27. The van der Waals surface area contributed by atoms with E-state index in [2.05, 4.69) is 15.6 Å². The van der Waals surface area contributed by atoms with Gasteiger partial charge in [-0.15, -0.1) is 11.8 Å². The van der Waals surface area contributed by atoms with Crippen LogP contribution in [0.1, 0.15) is 46.6 Å². The van der Waals surface area contributed by atoms with Crippen molar-refractivity contribution in [3.8, 4) is 0 Å². The molecule has 3 amide bonds. The van der Waals surface area contributed by atoms with Gasteiger partial charge in [-0.05, 0) is 62.9 Å². The van der Waals surface area contributed by atoms with Crippen molar-refractivity contribution in [2.24, 2.45) is 0 Å². The highest BCUT2D eigenvalue weighted by Gasteiger charge is 2.49. The highest BCUT2D eigenvalue weighted by molar-refractivity contribution is 8.00. The minimum Gasteiger partial charge on any atom is -0.381 e. The van der Waals surface area contributed by atoms with Crippen LogP contribution in [0.3, 0.4) is 0 Å². The average Bonchev–Trinajstić information content (AvgIpc) is 3.26. The Balaban J connectivity index is 1.55. The number of benzene rings is 2. The second-order valence-corrected chi connectivity index (χ2v) is 12.2. The SMILES string of the molecule is Cc1ccccc1CNC(=O)C1N(C(=O)[C@@H](O)[C@H](Cc2ccccc2)NC(=O)c2cccnc2C)CSC1(C)C. The zero-order valence-corrected chi connectivity index (χ0v) is 24.1.